The lowest BCUT2D eigenvalue weighted by Crippen LogP contribution is -1.86. The summed E-state index contributed by atoms with van der Waals surface area (Å²) in [6.45, 7) is 0. The van der Waals surface area contributed by atoms with Gasteiger partial charge in [0.15, 0.2) is 0 Å². The number of nitriles is 1. The van der Waals surface area contributed by atoms with E-state index in [1.165, 1.54) is 10.5 Å². The van der Waals surface area contributed by atoms with Crippen molar-refractivity contribution in [3.05, 3.63) is 28.2 Å². The van der Waals surface area contributed by atoms with Gasteiger partial charge in [0.1, 0.15) is 0 Å². The highest BCUT2D eigenvalue weighted by Gasteiger charge is 2.00. The van der Waals surface area contributed by atoms with E-state index in [2.05, 4.69) is 40.4 Å². The average molecular weight is 256 g/mol. The lowest BCUT2D eigenvalue weighted by Gasteiger charge is -2.03. The van der Waals surface area contributed by atoms with E-state index in [1.54, 1.807) is 11.8 Å². The Morgan fingerprint density at radius 1 is 1.54 bits per heavy atom. The molecule has 1 aromatic carbocycles. The zero-order chi connectivity index (χ0) is 9.68. The Hall–Kier alpha value is -0.460. The summed E-state index contributed by atoms with van der Waals surface area (Å²) in [5, 5.41) is 8.47. The van der Waals surface area contributed by atoms with E-state index in [0.29, 0.717) is 6.42 Å². The van der Waals surface area contributed by atoms with Crippen LogP contribution in [0.5, 0.6) is 0 Å². The van der Waals surface area contributed by atoms with Crippen LogP contribution in [-0.2, 0) is 6.42 Å². The van der Waals surface area contributed by atoms with Crippen LogP contribution in [0.15, 0.2) is 27.6 Å². The third kappa shape index (κ3) is 3.06. The predicted molar refractivity (Wildman–Crippen MR) is 59.9 cm³/mol. The van der Waals surface area contributed by atoms with Crippen molar-refractivity contribution in [2.45, 2.75) is 17.7 Å². The van der Waals surface area contributed by atoms with Gasteiger partial charge in [-0.15, -0.1) is 11.8 Å². The number of hydrogen-bond donors (Lipinski definition) is 0. The molecule has 0 heterocycles. The smallest absolute Gasteiger partial charge is 0.0625 e. The monoisotopic (exact) mass is 255 g/mol. The second-order valence-electron chi connectivity index (χ2n) is 2.62. The first-order chi connectivity index (χ1) is 6.27. The molecule has 0 amide bonds. The number of rotatable bonds is 3. The van der Waals surface area contributed by atoms with Crippen molar-refractivity contribution in [3.63, 3.8) is 0 Å². The molecule has 0 aliphatic carbocycles. The maximum atomic E-state index is 8.47. The fraction of sp³-hybridized carbons (Fsp3) is 0.300. The molecule has 13 heavy (non-hydrogen) atoms. The van der Waals surface area contributed by atoms with Gasteiger partial charge >= 0.3 is 0 Å². The summed E-state index contributed by atoms with van der Waals surface area (Å²) in [4.78, 5) is 1.25. The van der Waals surface area contributed by atoms with Crippen LogP contribution >= 0.6 is 27.7 Å². The Bertz CT molecular complexity index is 330. The Morgan fingerprint density at radius 2 is 2.31 bits per heavy atom. The highest BCUT2D eigenvalue weighted by molar-refractivity contribution is 9.10. The number of halogens is 1. The van der Waals surface area contributed by atoms with Crippen LogP contribution in [0.1, 0.15) is 12.0 Å². The molecule has 0 saturated carbocycles. The third-order valence-electron chi connectivity index (χ3n) is 1.76. The van der Waals surface area contributed by atoms with Gasteiger partial charge in [-0.2, -0.15) is 5.26 Å². The highest BCUT2D eigenvalue weighted by Crippen LogP contribution is 2.24. The van der Waals surface area contributed by atoms with Crippen molar-refractivity contribution < 1.29 is 0 Å². The summed E-state index contributed by atoms with van der Waals surface area (Å²) in [6.07, 6.45) is 3.46. The Morgan fingerprint density at radius 3 is 2.92 bits per heavy atom. The maximum Gasteiger partial charge on any atom is 0.0625 e. The third-order valence-corrected chi connectivity index (χ3v) is 3.26. The molecule has 0 unspecified atom stereocenters. The average Bonchev–Trinajstić information content (AvgIpc) is 2.17. The minimum absolute atomic E-state index is 0.580. The highest BCUT2D eigenvalue weighted by atomic mass is 79.9. The molecule has 0 saturated heterocycles. The van der Waals surface area contributed by atoms with Crippen LogP contribution in [0.2, 0.25) is 0 Å². The first kappa shape index (κ1) is 10.6. The largest absolute Gasteiger partial charge is 0.198 e. The molecule has 0 aliphatic rings. The number of aryl methyl sites for hydroxylation is 1. The van der Waals surface area contributed by atoms with Crippen LogP contribution < -0.4 is 0 Å². The van der Waals surface area contributed by atoms with Gasteiger partial charge < -0.3 is 0 Å². The van der Waals surface area contributed by atoms with E-state index in [0.717, 1.165) is 10.9 Å². The normalized spacial score (nSPS) is 9.62. The number of benzene rings is 1. The summed E-state index contributed by atoms with van der Waals surface area (Å²) in [5.74, 6) is 0. The Labute approximate surface area is 91.3 Å². The second-order valence-corrected chi connectivity index (χ2v) is 4.35. The Kier molecular flexibility index (Phi) is 4.34. The summed E-state index contributed by atoms with van der Waals surface area (Å²) >= 11 is 5.19. The summed E-state index contributed by atoms with van der Waals surface area (Å²) < 4.78 is 1.10. The van der Waals surface area contributed by atoms with Crippen molar-refractivity contribution in [2.75, 3.05) is 6.26 Å². The van der Waals surface area contributed by atoms with Crippen LogP contribution in [0.4, 0.5) is 0 Å². The number of thioether (sulfide) groups is 1. The molecule has 68 valence electrons. The Balaban J connectivity index is 2.85. The van der Waals surface area contributed by atoms with Crippen LogP contribution in [0.25, 0.3) is 0 Å². The molecule has 0 radical (unpaired) electrons. The van der Waals surface area contributed by atoms with E-state index < -0.39 is 0 Å². The van der Waals surface area contributed by atoms with Gasteiger partial charge in [-0.25, -0.2) is 0 Å². The fourth-order valence-electron chi connectivity index (χ4n) is 1.06. The van der Waals surface area contributed by atoms with Gasteiger partial charge in [0, 0.05) is 15.8 Å². The lowest BCUT2D eigenvalue weighted by molar-refractivity contribution is 0.996. The van der Waals surface area contributed by atoms with E-state index in [9.17, 15) is 0 Å². The molecular weight excluding hydrogens is 246 g/mol. The van der Waals surface area contributed by atoms with E-state index in [4.69, 9.17) is 5.26 Å². The molecule has 1 rings (SSSR count). The van der Waals surface area contributed by atoms with Crippen LogP contribution in [0, 0.1) is 11.3 Å². The number of hydrogen-bond acceptors (Lipinski definition) is 2. The first-order valence-corrected chi connectivity index (χ1v) is 5.99. The summed E-state index contributed by atoms with van der Waals surface area (Å²) in [7, 11) is 0. The van der Waals surface area contributed by atoms with Gasteiger partial charge in [-0.1, -0.05) is 15.9 Å². The molecule has 0 atom stereocenters. The SMILES string of the molecule is CSc1ccc(Br)c(CCC#N)c1. The second kappa shape index (κ2) is 5.31. The van der Waals surface area contributed by atoms with Crippen molar-refractivity contribution in [1.29, 1.82) is 5.26 Å². The van der Waals surface area contributed by atoms with Crippen molar-refractivity contribution in [2.24, 2.45) is 0 Å². The molecule has 0 aromatic heterocycles. The molecule has 0 bridgehead atoms. The van der Waals surface area contributed by atoms with Gasteiger partial charge in [-0.3, -0.25) is 0 Å². The fourth-order valence-corrected chi connectivity index (χ4v) is 1.97. The van der Waals surface area contributed by atoms with Crippen LogP contribution in [0.3, 0.4) is 0 Å². The molecule has 1 nitrogen and oxygen atoms in total. The zero-order valence-electron chi connectivity index (χ0n) is 7.38. The van der Waals surface area contributed by atoms with Crippen LogP contribution in [-0.4, -0.2) is 6.26 Å². The molecule has 0 spiro atoms. The van der Waals surface area contributed by atoms with Crippen molar-refractivity contribution >= 4 is 27.7 Å². The molecule has 1 aromatic rings. The van der Waals surface area contributed by atoms with Gasteiger partial charge in [0.2, 0.25) is 0 Å². The molecular formula is C10H10BrNS. The standard InChI is InChI=1S/C10H10BrNS/c1-13-9-4-5-10(11)8(7-9)3-2-6-12/h4-5,7H,2-3H2,1H3. The molecule has 0 fully saturated rings. The minimum Gasteiger partial charge on any atom is -0.198 e. The molecule has 0 aliphatic heterocycles. The molecule has 3 heteroatoms. The van der Waals surface area contributed by atoms with E-state index in [1.807, 2.05) is 6.07 Å². The predicted octanol–water partition coefficient (Wildman–Crippen LogP) is 3.63. The van der Waals surface area contributed by atoms with Crippen molar-refractivity contribution in [1.82, 2.24) is 0 Å². The van der Waals surface area contributed by atoms with E-state index in [-0.39, 0.29) is 0 Å². The first-order valence-electron chi connectivity index (χ1n) is 3.97. The summed E-state index contributed by atoms with van der Waals surface area (Å²) in [5.41, 5.74) is 1.22. The van der Waals surface area contributed by atoms with Gasteiger partial charge in [0.05, 0.1) is 6.07 Å². The number of nitrogens with zero attached hydrogens (tertiary/aromatic N) is 1. The summed E-state index contributed by atoms with van der Waals surface area (Å²) in [6, 6.07) is 8.40. The quantitative estimate of drug-likeness (QED) is 0.771. The van der Waals surface area contributed by atoms with Gasteiger partial charge in [-0.05, 0) is 36.4 Å². The van der Waals surface area contributed by atoms with Gasteiger partial charge in [0.25, 0.3) is 0 Å². The zero-order valence-corrected chi connectivity index (χ0v) is 9.78. The van der Waals surface area contributed by atoms with E-state index >= 15 is 0 Å². The minimum atomic E-state index is 0.580. The maximum absolute atomic E-state index is 8.47. The van der Waals surface area contributed by atoms with Crippen molar-refractivity contribution in [3.8, 4) is 6.07 Å². The topological polar surface area (TPSA) is 23.8 Å². The lowest BCUT2D eigenvalue weighted by atomic mass is 10.1. The molecule has 0 N–H and O–H groups in total.